The van der Waals surface area contributed by atoms with E-state index in [2.05, 4.69) is 18.7 Å². The number of aliphatic hydroxyl groups is 1. The lowest BCUT2D eigenvalue weighted by molar-refractivity contribution is -0.384. The molecule has 1 heterocycles. The lowest BCUT2D eigenvalue weighted by Crippen LogP contribution is -2.34. The number of aliphatic hydroxyl groups excluding tert-OH is 1. The van der Waals surface area contributed by atoms with Gasteiger partial charge < -0.3 is 14.9 Å². The molecule has 1 atom stereocenters. The van der Waals surface area contributed by atoms with Gasteiger partial charge in [0.05, 0.1) is 16.5 Å². The Morgan fingerprint density at radius 1 is 1.00 bits per heavy atom. The third-order valence-corrected chi connectivity index (χ3v) is 7.24. The molecule has 1 amide bonds. The lowest BCUT2D eigenvalue weighted by atomic mass is 9.95. The Bertz CT molecular complexity index is 1190. The third kappa shape index (κ3) is 6.92. The van der Waals surface area contributed by atoms with Gasteiger partial charge in [0.25, 0.3) is 17.4 Å². The predicted octanol–water partition coefficient (Wildman–Crippen LogP) is 6.62. The Hall–Kier alpha value is -2.94. The number of ketones is 1. The van der Waals surface area contributed by atoms with Gasteiger partial charge in [-0.15, -0.1) is 0 Å². The van der Waals surface area contributed by atoms with E-state index < -0.39 is 28.4 Å². The van der Waals surface area contributed by atoms with Crippen LogP contribution < -0.4 is 0 Å². The summed E-state index contributed by atoms with van der Waals surface area (Å²) in [6.07, 6.45) is 5.00. The van der Waals surface area contributed by atoms with Crippen LogP contribution in [0, 0.1) is 10.1 Å². The van der Waals surface area contributed by atoms with Crippen molar-refractivity contribution in [2.75, 3.05) is 26.2 Å². The topological polar surface area (TPSA) is 104 Å². The number of nitro groups is 1. The van der Waals surface area contributed by atoms with Crippen LogP contribution in [-0.4, -0.2) is 57.7 Å². The molecule has 204 valence electrons. The average molecular weight is 562 g/mol. The number of rotatable bonds is 13. The highest BCUT2D eigenvalue weighted by Crippen LogP contribution is 2.42. The molecule has 0 aliphatic carbocycles. The Labute approximate surface area is 233 Å². The zero-order chi connectivity index (χ0) is 27.8. The summed E-state index contributed by atoms with van der Waals surface area (Å²) in [6.45, 7) is 7.31. The molecule has 1 N–H and O–H groups in total. The van der Waals surface area contributed by atoms with Crippen LogP contribution in [0.4, 0.5) is 5.69 Å². The summed E-state index contributed by atoms with van der Waals surface area (Å²) in [5, 5.41) is 22.9. The smallest absolute Gasteiger partial charge is 0.295 e. The summed E-state index contributed by atoms with van der Waals surface area (Å²) >= 11 is 12.6. The summed E-state index contributed by atoms with van der Waals surface area (Å²) < 4.78 is 0. The normalized spacial score (nSPS) is 17.0. The molecular weight excluding hydrogens is 529 g/mol. The number of halogens is 2. The van der Waals surface area contributed by atoms with Crippen molar-refractivity contribution in [3.8, 4) is 0 Å². The van der Waals surface area contributed by atoms with E-state index in [1.807, 2.05) is 0 Å². The number of Topliss-reactive ketones (excluding diaryl/α,β-unsaturated/α-hetero) is 1. The quantitative estimate of drug-likeness (QED) is 0.0968. The minimum absolute atomic E-state index is 0.109. The zero-order valence-corrected chi connectivity index (χ0v) is 23.2. The fourth-order valence-electron chi connectivity index (χ4n) is 4.62. The minimum atomic E-state index is -0.922. The average Bonchev–Trinajstić information content (AvgIpc) is 3.14. The van der Waals surface area contributed by atoms with Crippen LogP contribution in [0.2, 0.25) is 10.0 Å². The van der Waals surface area contributed by atoms with Gasteiger partial charge in [0.2, 0.25) is 0 Å². The van der Waals surface area contributed by atoms with E-state index in [4.69, 9.17) is 23.2 Å². The first-order chi connectivity index (χ1) is 18.2. The molecule has 1 aliphatic rings. The Kier molecular flexibility index (Phi) is 10.7. The molecule has 2 aromatic rings. The zero-order valence-electron chi connectivity index (χ0n) is 21.7. The fourth-order valence-corrected chi connectivity index (χ4v) is 5.13. The molecular formula is C28H33Cl2N3O5. The van der Waals surface area contributed by atoms with Gasteiger partial charge in [0.15, 0.2) is 0 Å². The van der Waals surface area contributed by atoms with E-state index in [1.165, 1.54) is 35.2 Å². The molecule has 0 spiro atoms. The molecule has 1 fully saturated rings. The molecule has 8 nitrogen and oxygen atoms in total. The van der Waals surface area contributed by atoms with E-state index >= 15 is 0 Å². The van der Waals surface area contributed by atoms with Crippen LogP contribution in [0.5, 0.6) is 0 Å². The number of likely N-dealkylation sites (tertiary alicyclic amines) is 1. The predicted molar refractivity (Wildman–Crippen MR) is 149 cm³/mol. The second-order valence-corrected chi connectivity index (χ2v) is 10.2. The number of amides is 1. The van der Waals surface area contributed by atoms with Crippen molar-refractivity contribution in [2.24, 2.45) is 0 Å². The molecule has 0 unspecified atom stereocenters. The molecule has 2 aromatic carbocycles. The molecule has 0 radical (unpaired) electrons. The van der Waals surface area contributed by atoms with Crippen LogP contribution in [0.3, 0.4) is 0 Å². The van der Waals surface area contributed by atoms with Crippen molar-refractivity contribution in [3.05, 3.63) is 79.3 Å². The van der Waals surface area contributed by atoms with Crippen molar-refractivity contribution in [1.82, 2.24) is 9.80 Å². The molecule has 1 saturated heterocycles. The van der Waals surface area contributed by atoms with Gasteiger partial charge in [-0.3, -0.25) is 19.7 Å². The summed E-state index contributed by atoms with van der Waals surface area (Å²) in [6, 6.07) is 9.03. The maximum Gasteiger partial charge on any atom is 0.295 e. The van der Waals surface area contributed by atoms with Gasteiger partial charge in [-0.05, 0) is 68.7 Å². The number of nitrogens with zero attached hydrogens (tertiary/aromatic N) is 3. The Balaban J connectivity index is 1.97. The first kappa shape index (κ1) is 29.6. The number of carbonyl (C=O) groups excluding carboxylic acids is 2. The van der Waals surface area contributed by atoms with Crippen LogP contribution in [-0.2, 0) is 9.59 Å². The number of carbonyl (C=O) groups is 2. The van der Waals surface area contributed by atoms with E-state index in [-0.39, 0.29) is 21.8 Å². The molecule has 0 saturated carbocycles. The largest absolute Gasteiger partial charge is 0.507 e. The third-order valence-electron chi connectivity index (χ3n) is 6.68. The van der Waals surface area contributed by atoms with Crippen LogP contribution in [0.25, 0.3) is 5.76 Å². The Morgan fingerprint density at radius 2 is 1.61 bits per heavy atom. The highest BCUT2D eigenvalue weighted by Gasteiger charge is 2.46. The number of unbranched alkanes of at least 4 members (excludes halogenated alkanes) is 2. The summed E-state index contributed by atoms with van der Waals surface area (Å²) in [4.78, 5) is 40.8. The van der Waals surface area contributed by atoms with E-state index in [9.17, 15) is 24.8 Å². The van der Waals surface area contributed by atoms with Gasteiger partial charge in [0, 0.05) is 34.3 Å². The van der Waals surface area contributed by atoms with Crippen molar-refractivity contribution >= 4 is 46.3 Å². The molecule has 0 bridgehead atoms. The first-order valence-electron chi connectivity index (χ1n) is 12.9. The number of hydrogen-bond acceptors (Lipinski definition) is 6. The standard InChI is InChI=1S/C28H33Cl2N3O5/c1-3-5-14-31(15-6-4-2)16-7-17-32-25(22-13-10-20(29)18-23(22)30)24(27(35)28(32)36)26(34)19-8-11-21(12-9-19)33(37)38/h8-13,18,25,34H,3-7,14-17H2,1-2H3/t25-/m1/s1. The minimum Gasteiger partial charge on any atom is -0.507 e. The van der Waals surface area contributed by atoms with Gasteiger partial charge in [-0.2, -0.15) is 0 Å². The second kappa shape index (κ2) is 13.7. The number of hydrogen-bond donors (Lipinski definition) is 1. The maximum absolute atomic E-state index is 13.3. The SMILES string of the molecule is CCCCN(CCCC)CCCN1C(=O)C(=O)C(=C(O)c2ccc([N+](=O)[O-])cc2)[C@H]1c1ccc(Cl)cc1Cl. The summed E-state index contributed by atoms with van der Waals surface area (Å²) in [5.41, 5.74) is 0.387. The summed E-state index contributed by atoms with van der Waals surface area (Å²) in [7, 11) is 0. The highest BCUT2D eigenvalue weighted by atomic mass is 35.5. The van der Waals surface area contributed by atoms with Crippen molar-refractivity contribution in [1.29, 1.82) is 0 Å². The van der Waals surface area contributed by atoms with E-state index in [0.29, 0.717) is 23.6 Å². The van der Waals surface area contributed by atoms with E-state index in [1.54, 1.807) is 12.1 Å². The number of nitro benzene ring substituents is 1. The van der Waals surface area contributed by atoms with Crippen molar-refractivity contribution in [2.45, 2.75) is 52.0 Å². The lowest BCUT2D eigenvalue weighted by Gasteiger charge is -2.28. The van der Waals surface area contributed by atoms with Crippen molar-refractivity contribution in [3.63, 3.8) is 0 Å². The molecule has 10 heteroatoms. The fraction of sp³-hybridized carbons (Fsp3) is 0.429. The molecule has 38 heavy (non-hydrogen) atoms. The van der Waals surface area contributed by atoms with Gasteiger partial charge in [-0.25, -0.2) is 0 Å². The molecule has 3 rings (SSSR count). The number of benzene rings is 2. The monoisotopic (exact) mass is 561 g/mol. The van der Waals surface area contributed by atoms with E-state index in [0.717, 1.165) is 45.3 Å². The van der Waals surface area contributed by atoms with Gasteiger partial charge in [0.1, 0.15) is 5.76 Å². The second-order valence-electron chi connectivity index (χ2n) is 9.36. The highest BCUT2D eigenvalue weighted by molar-refractivity contribution is 6.47. The molecule has 1 aliphatic heterocycles. The van der Waals surface area contributed by atoms with Crippen molar-refractivity contribution < 1.29 is 19.6 Å². The van der Waals surface area contributed by atoms with Gasteiger partial charge in [-0.1, -0.05) is 56.0 Å². The Morgan fingerprint density at radius 3 is 2.16 bits per heavy atom. The van der Waals surface area contributed by atoms with Crippen LogP contribution in [0.1, 0.15) is 63.1 Å². The molecule has 0 aromatic heterocycles. The van der Waals surface area contributed by atoms with Crippen LogP contribution in [0.15, 0.2) is 48.0 Å². The van der Waals surface area contributed by atoms with Crippen LogP contribution >= 0.6 is 23.2 Å². The summed E-state index contributed by atoms with van der Waals surface area (Å²) in [5.74, 6) is -1.96. The number of non-ortho nitro benzene ring substituents is 1. The maximum atomic E-state index is 13.3. The van der Waals surface area contributed by atoms with Gasteiger partial charge >= 0.3 is 0 Å². The first-order valence-corrected chi connectivity index (χ1v) is 13.7.